The summed E-state index contributed by atoms with van der Waals surface area (Å²) in [7, 11) is 1.34. The van der Waals surface area contributed by atoms with Crippen molar-refractivity contribution in [3.05, 3.63) is 57.2 Å². The van der Waals surface area contributed by atoms with Crippen LogP contribution in [-0.2, 0) is 14.3 Å². The summed E-state index contributed by atoms with van der Waals surface area (Å²) in [5.74, 6) is 0.0241. The first-order valence-corrected chi connectivity index (χ1v) is 7.51. The third-order valence-electron chi connectivity index (χ3n) is 3.12. The average Bonchev–Trinajstić information content (AvgIpc) is 3.13. The molecule has 0 N–H and O–H groups in total. The maximum atomic E-state index is 11.9. The highest BCUT2D eigenvalue weighted by molar-refractivity contribution is 7.16. The van der Waals surface area contributed by atoms with Crippen molar-refractivity contribution < 1.29 is 14.3 Å². The molecule has 1 aromatic heterocycles. The number of aliphatic imine (C=N–C) groups is 1. The van der Waals surface area contributed by atoms with Crippen LogP contribution >= 0.6 is 22.9 Å². The molecule has 0 spiro atoms. The van der Waals surface area contributed by atoms with Gasteiger partial charge in [-0.3, -0.25) is 0 Å². The molecule has 6 heteroatoms. The number of carbonyl (C=O) groups excluding carboxylic acids is 1. The molecule has 21 heavy (non-hydrogen) atoms. The van der Waals surface area contributed by atoms with Gasteiger partial charge in [-0.2, -0.15) is 0 Å². The molecule has 0 amide bonds. The first kappa shape index (κ1) is 14.1. The lowest BCUT2D eigenvalue weighted by Gasteiger charge is -2.14. The molecular weight excluding hydrogens is 310 g/mol. The van der Waals surface area contributed by atoms with Gasteiger partial charge in [0.05, 0.1) is 11.4 Å². The van der Waals surface area contributed by atoms with E-state index >= 15 is 0 Å². The predicted molar refractivity (Wildman–Crippen MR) is 81.9 cm³/mol. The number of benzene rings is 1. The molecular formula is C15H12ClNO3S. The summed E-state index contributed by atoms with van der Waals surface area (Å²) in [6.07, 6.45) is -0.495. The van der Waals surface area contributed by atoms with Crippen molar-refractivity contribution in [3.63, 3.8) is 0 Å². The molecule has 1 aromatic carbocycles. The molecule has 0 aliphatic carbocycles. The van der Waals surface area contributed by atoms with Crippen LogP contribution in [0.1, 0.15) is 16.5 Å². The quantitative estimate of drug-likeness (QED) is 0.813. The number of esters is 1. The zero-order valence-corrected chi connectivity index (χ0v) is 12.7. The minimum absolute atomic E-state index is 0.421. The second-order valence-corrected chi connectivity index (χ2v) is 6.20. The highest BCUT2D eigenvalue weighted by atomic mass is 35.5. The third-order valence-corrected chi connectivity index (χ3v) is 4.41. The maximum Gasteiger partial charge on any atom is 0.335 e. The summed E-state index contributed by atoms with van der Waals surface area (Å²) >= 11 is 7.34. The first-order chi connectivity index (χ1) is 10.2. The molecule has 0 unspecified atom stereocenters. The Labute approximate surface area is 131 Å². The summed E-state index contributed by atoms with van der Waals surface area (Å²) < 4.78 is 11.3. The largest absolute Gasteiger partial charge is 0.467 e. The van der Waals surface area contributed by atoms with Crippen LogP contribution in [0.25, 0.3) is 0 Å². The average molecular weight is 322 g/mol. The highest BCUT2D eigenvalue weighted by Crippen LogP contribution is 2.36. The zero-order chi connectivity index (χ0) is 14.8. The summed E-state index contributed by atoms with van der Waals surface area (Å²) in [6.45, 7) is 0. The van der Waals surface area contributed by atoms with E-state index in [0.29, 0.717) is 10.2 Å². The molecule has 0 saturated heterocycles. The molecule has 2 aromatic rings. The molecule has 0 radical (unpaired) electrons. The van der Waals surface area contributed by atoms with Crippen molar-refractivity contribution in [3.8, 4) is 0 Å². The summed E-state index contributed by atoms with van der Waals surface area (Å²) in [6, 6.07) is 12.4. The van der Waals surface area contributed by atoms with E-state index in [9.17, 15) is 4.79 Å². The van der Waals surface area contributed by atoms with Gasteiger partial charge in [-0.1, -0.05) is 29.8 Å². The first-order valence-electron chi connectivity index (χ1n) is 6.32. The van der Waals surface area contributed by atoms with Crippen LogP contribution in [0.15, 0.2) is 47.5 Å². The van der Waals surface area contributed by atoms with Crippen LogP contribution in [-0.4, -0.2) is 25.0 Å². The van der Waals surface area contributed by atoms with Gasteiger partial charge >= 0.3 is 5.97 Å². The standard InChI is InChI=1S/C15H12ClNO3S/c1-19-15(18)12-13(10-7-8-11(16)21-10)20-14(17-12)9-5-3-2-4-6-9/h2-8,12-13H,1H3/t12-,13-/m0/s1. The van der Waals surface area contributed by atoms with E-state index in [0.717, 1.165) is 10.4 Å². The van der Waals surface area contributed by atoms with Gasteiger partial charge < -0.3 is 9.47 Å². The molecule has 2 heterocycles. The van der Waals surface area contributed by atoms with Crippen molar-refractivity contribution in [1.82, 2.24) is 0 Å². The Morgan fingerprint density at radius 2 is 2.05 bits per heavy atom. The van der Waals surface area contributed by atoms with Gasteiger partial charge in [-0.25, -0.2) is 9.79 Å². The Bertz CT molecular complexity index is 683. The number of hydrogen-bond donors (Lipinski definition) is 0. The van der Waals surface area contributed by atoms with Crippen LogP contribution in [0.2, 0.25) is 4.34 Å². The van der Waals surface area contributed by atoms with E-state index in [1.165, 1.54) is 18.4 Å². The van der Waals surface area contributed by atoms with Crippen molar-refractivity contribution in [2.75, 3.05) is 7.11 Å². The van der Waals surface area contributed by atoms with E-state index in [1.54, 1.807) is 6.07 Å². The van der Waals surface area contributed by atoms with E-state index in [1.807, 2.05) is 36.4 Å². The van der Waals surface area contributed by atoms with Gasteiger partial charge in [-0.15, -0.1) is 11.3 Å². The summed E-state index contributed by atoms with van der Waals surface area (Å²) in [5, 5.41) is 0. The van der Waals surface area contributed by atoms with E-state index in [-0.39, 0.29) is 0 Å². The second-order valence-electron chi connectivity index (χ2n) is 4.45. The lowest BCUT2D eigenvalue weighted by Crippen LogP contribution is -2.24. The number of thiophene rings is 1. The van der Waals surface area contributed by atoms with E-state index in [4.69, 9.17) is 21.1 Å². The molecule has 0 fully saturated rings. The number of ether oxygens (including phenoxy) is 2. The normalized spacial score (nSPS) is 20.8. The molecule has 4 nitrogen and oxygen atoms in total. The van der Waals surface area contributed by atoms with Gasteiger partial charge in [0.1, 0.15) is 0 Å². The van der Waals surface area contributed by atoms with Gasteiger partial charge in [0.2, 0.25) is 5.90 Å². The Balaban J connectivity index is 1.94. The fourth-order valence-electron chi connectivity index (χ4n) is 2.12. The number of methoxy groups -OCH3 is 1. The van der Waals surface area contributed by atoms with Gasteiger partial charge in [0.15, 0.2) is 12.1 Å². The zero-order valence-electron chi connectivity index (χ0n) is 11.2. The van der Waals surface area contributed by atoms with Crippen molar-refractivity contribution >= 4 is 34.8 Å². The van der Waals surface area contributed by atoms with Crippen LogP contribution in [0, 0.1) is 0 Å². The molecule has 0 bridgehead atoms. The molecule has 3 rings (SSSR count). The van der Waals surface area contributed by atoms with E-state index in [2.05, 4.69) is 4.99 Å². The molecule has 2 atom stereocenters. The summed E-state index contributed by atoms with van der Waals surface area (Å²) in [4.78, 5) is 17.2. The van der Waals surface area contributed by atoms with E-state index < -0.39 is 18.1 Å². The fourth-order valence-corrected chi connectivity index (χ4v) is 3.25. The van der Waals surface area contributed by atoms with Crippen LogP contribution in [0.4, 0.5) is 0 Å². The molecule has 1 aliphatic rings. The topological polar surface area (TPSA) is 47.9 Å². The van der Waals surface area contributed by atoms with Gasteiger partial charge in [0, 0.05) is 10.4 Å². The minimum Gasteiger partial charge on any atom is -0.467 e. The Hall–Kier alpha value is -1.85. The second kappa shape index (κ2) is 5.87. The number of nitrogens with zero attached hydrogens (tertiary/aromatic N) is 1. The van der Waals surface area contributed by atoms with Crippen LogP contribution in [0.5, 0.6) is 0 Å². The SMILES string of the molecule is COC(=O)[C@H]1N=C(c2ccccc2)O[C@H]1c1ccc(Cl)s1. The lowest BCUT2D eigenvalue weighted by molar-refractivity contribution is -0.143. The van der Waals surface area contributed by atoms with Crippen LogP contribution < -0.4 is 0 Å². The number of carbonyl (C=O) groups is 1. The number of halogens is 1. The summed E-state index contributed by atoms with van der Waals surface area (Å²) in [5.41, 5.74) is 0.830. The molecule has 1 aliphatic heterocycles. The Morgan fingerprint density at radius 1 is 1.29 bits per heavy atom. The Morgan fingerprint density at radius 3 is 2.67 bits per heavy atom. The van der Waals surface area contributed by atoms with Crippen LogP contribution in [0.3, 0.4) is 0 Å². The van der Waals surface area contributed by atoms with Crippen molar-refractivity contribution in [2.24, 2.45) is 4.99 Å². The van der Waals surface area contributed by atoms with Gasteiger partial charge in [-0.05, 0) is 24.3 Å². The smallest absolute Gasteiger partial charge is 0.335 e. The maximum absolute atomic E-state index is 11.9. The highest BCUT2D eigenvalue weighted by Gasteiger charge is 2.39. The number of rotatable bonds is 3. The lowest BCUT2D eigenvalue weighted by atomic mass is 10.1. The number of hydrogen-bond acceptors (Lipinski definition) is 5. The fraction of sp³-hybridized carbons (Fsp3) is 0.200. The van der Waals surface area contributed by atoms with Crippen molar-refractivity contribution in [1.29, 1.82) is 0 Å². The monoisotopic (exact) mass is 321 g/mol. The molecule has 108 valence electrons. The minimum atomic E-state index is -0.708. The third kappa shape index (κ3) is 2.80. The molecule has 0 saturated carbocycles. The Kier molecular flexibility index (Phi) is 3.94. The van der Waals surface area contributed by atoms with Crippen molar-refractivity contribution in [2.45, 2.75) is 12.1 Å². The van der Waals surface area contributed by atoms with Gasteiger partial charge in [0.25, 0.3) is 0 Å². The predicted octanol–water partition coefficient (Wildman–Crippen LogP) is 3.46.